The Bertz CT molecular complexity index is 1170. The number of rotatable bonds is 1. The van der Waals surface area contributed by atoms with Gasteiger partial charge in [0.05, 0.1) is 5.39 Å². The third-order valence-electron chi connectivity index (χ3n) is 4.86. The molecule has 0 N–H and O–H groups in total. The van der Waals surface area contributed by atoms with Gasteiger partial charge in [-0.2, -0.15) is 0 Å². The highest BCUT2D eigenvalue weighted by Gasteiger charge is 2.15. The Morgan fingerprint density at radius 1 is 0.714 bits per heavy atom. The first-order valence-corrected chi connectivity index (χ1v) is 9.42. The van der Waals surface area contributed by atoms with Crippen LogP contribution in [0.15, 0.2) is 94.1 Å². The third-order valence-corrected chi connectivity index (χ3v) is 4.86. The minimum absolute atomic E-state index is 0.00861. The molecular weight excluding hydrogens is 348 g/mol. The van der Waals surface area contributed by atoms with Crippen molar-refractivity contribution in [1.29, 1.82) is 0 Å². The summed E-state index contributed by atoms with van der Waals surface area (Å²) < 4.78 is 5.73. The fourth-order valence-electron chi connectivity index (χ4n) is 3.43. The van der Waals surface area contributed by atoms with Gasteiger partial charge in [-0.3, -0.25) is 9.59 Å². The van der Waals surface area contributed by atoms with E-state index in [2.05, 4.69) is 0 Å². The molecule has 5 rings (SSSR count). The van der Waals surface area contributed by atoms with Crippen LogP contribution >= 0.6 is 0 Å². The van der Waals surface area contributed by atoms with Crippen LogP contribution in [0.25, 0.3) is 22.3 Å². The lowest BCUT2D eigenvalue weighted by Crippen LogP contribution is -2.09. The molecule has 0 saturated carbocycles. The second kappa shape index (κ2) is 8.05. The van der Waals surface area contributed by atoms with Gasteiger partial charge in [0.2, 0.25) is 0 Å². The van der Waals surface area contributed by atoms with Gasteiger partial charge in [0.25, 0.3) is 0 Å². The van der Waals surface area contributed by atoms with E-state index in [1.807, 2.05) is 72.8 Å². The largest absolute Gasteiger partial charge is 0.456 e. The van der Waals surface area contributed by atoms with Crippen LogP contribution in [0.5, 0.6) is 0 Å². The molecule has 0 fully saturated rings. The van der Waals surface area contributed by atoms with Crippen LogP contribution in [-0.4, -0.2) is 5.78 Å². The molecule has 0 spiro atoms. The van der Waals surface area contributed by atoms with Gasteiger partial charge in [0.15, 0.2) is 11.2 Å². The smallest absolute Gasteiger partial charge is 0.193 e. The van der Waals surface area contributed by atoms with Gasteiger partial charge < -0.3 is 4.42 Å². The van der Waals surface area contributed by atoms with E-state index in [4.69, 9.17) is 4.42 Å². The van der Waals surface area contributed by atoms with Gasteiger partial charge in [0.1, 0.15) is 11.3 Å². The summed E-state index contributed by atoms with van der Waals surface area (Å²) in [5, 5.41) is 0.618. The quantitative estimate of drug-likeness (QED) is 0.435. The summed E-state index contributed by atoms with van der Waals surface area (Å²) >= 11 is 0. The van der Waals surface area contributed by atoms with Crippen molar-refractivity contribution in [3.8, 4) is 11.3 Å². The molecule has 1 heterocycles. The van der Waals surface area contributed by atoms with E-state index in [1.165, 1.54) is 11.6 Å². The van der Waals surface area contributed by atoms with Crippen LogP contribution in [0.2, 0.25) is 0 Å². The van der Waals surface area contributed by atoms with Crippen molar-refractivity contribution >= 4 is 16.8 Å². The van der Waals surface area contributed by atoms with E-state index in [0.29, 0.717) is 22.5 Å². The Labute approximate surface area is 163 Å². The van der Waals surface area contributed by atoms with E-state index >= 15 is 0 Å². The number of hydrogen-bond donors (Lipinski definition) is 0. The Hall–Kier alpha value is -3.46. The summed E-state index contributed by atoms with van der Waals surface area (Å²) in [7, 11) is 0. The van der Waals surface area contributed by atoms with Crippen molar-refractivity contribution in [2.24, 2.45) is 0 Å². The molecule has 1 aromatic heterocycles. The number of carbonyl (C=O) groups is 1. The molecule has 4 aromatic rings. The molecule has 0 atom stereocenters. The van der Waals surface area contributed by atoms with Crippen molar-refractivity contribution in [2.45, 2.75) is 19.3 Å². The van der Waals surface area contributed by atoms with Crippen molar-refractivity contribution in [3.63, 3.8) is 0 Å². The van der Waals surface area contributed by atoms with E-state index < -0.39 is 0 Å². The number of para-hydroxylation sites is 1. The van der Waals surface area contributed by atoms with Crippen LogP contribution in [0, 0.1) is 0 Å². The SMILES string of the molecule is O=C1CCCc2ccccc21.O=c1cc(-c2ccccc2)oc2ccccc12. The Balaban J connectivity index is 0.000000151. The lowest BCUT2D eigenvalue weighted by atomic mass is 9.91. The Morgan fingerprint density at radius 3 is 2.25 bits per heavy atom. The van der Waals surface area contributed by atoms with Crippen molar-refractivity contribution < 1.29 is 9.21 Å². The summed E-state index contributed by atoms with van der Waals surface area (Å²) in [6.07, 6.45) is 2.83. The number of Topliss-reactive ketones (excluding diaryl/α,β-unsaturated/α-hetero) is 1. The summed E-state index contributed by atoms with van der Waals surface area (Å²) in [4.78, 5) is 23.2. The number of aryl methyl sites for hydroxylation is 1. The normalized spacial score (nSPS) is 12.8. The maximum Gasteiger partial charge on any atom is 0.193 e. The van der Waals surface area contributed by atoms with Gasteiger partial charge >= 0.3 is 0 Å². The number of carbonyl (C=O) groups excluding carboxylic acids is 1. The van der Waals surface area contributed by atoms with Gasteiger partial charge in [0, 0.05) is 23.6 Å². The molecule has 0 amide bonds. The van der Waals surface area contributed by atoms with Crippen molar-refractivity contribution in [2.75, 3.05) is 0 Å². The number of ketones is 1. The van der Waals surface area contributed by atoms with Gasteiger partial charge in [-0.1, -0.05) is 66.7 Å². The molecule has 3 aromatic carbocycles. The summed E-state index contributed by atoms with van der Waals surface area (Å²) in [6, 6.07) is 26.3. The summed E-state index contributed by atoms with van der Waals surface area (Å²) in [5.74, 6) is 0.918. The fraction of sp³-hybridized carbons (Fsp3) is 0.120. The molecule has 28 heavy (non-hydrogen) atoms. The van der Waals surface area contributed by atoms with Crippen LogP contribution in [-0.2, 0) is 6.42 Å². The predicted octanol–water partition coefficient (Wildman–Crippen LogP) is 5.67. The zero-order valence-electron chi connectivity index (χ0n) is 15.4. The van der Waals surface area contributed by atoms with E-state index in [-0.39, 0.29) is 5.43 Å². The lowest BCUT2D eigenvalue weighted by Gasteiger charge is -2.12. The first-order chi connectivity index (χ1) is 13.7. The zero-order valence-corrected chi connectivity index (χ0v) is 15.4. The molecule has 1 aliphatic rings. The number of fused-ring (bicyclic) bond motifs is 2. The van der Waals surface area contributed by atoms with Gasteiger partial charge in [-0.25, -0.2) is 0 Å². The van der Waals surface area contributed by atoms with E-state index in [0.717, 1.165) is 30.4 Å². The van der Waals surface area contributed by atoms with E-state index in [9.17, 15) is 9.59 Å². The molecule has 0 radical (unpaired) electrons. The minimum atomic E-state index is -0.00861. The van der Waals surface area contributed by atoms with Crippen molar-refractivity contribution in [1.82, 2.24) is 0 Å². The highest BCUT2D eigenvalue weighted by molar-refractivity contribution is 5.98. The second-order valence-corrected chi connectivity index (χ2v) is 6.77. The Kier molecular flexibility index (Phi) is 5.16. The van der Waals surface area contributed by atoms with Gasteiger partial charge in [-0.05, 0) is 30.5 Å². The second-order valence-electron chi connectivity index (χ2n) is 6.77. The number of hydrogen-bond acceptors (Lipinski definition) is 3. The third kappa shape index (κ3) is 3.79. The fourth-order valence-corrected chi connectivity index (χ4v) is 3.43. The zero-order chi connectivity index (χ0) is 19.3. The molecule has 3 heteroatoms. The molecule has 0 aliphatic heterocycles. The van der Waals surface area contributed by atoms with Crippen LogP contribution in [0.3, 0.4) is 0 Å². The molecule has 0 saturated heterocycles. The Morgan fingerprint density at radius 2 is 1.43 bits per heavy atom. The van der Waals surface area contributed by atoms with Crippen LogP contribution in [0.4, 0.5) is 0 Å². The van der Waals surface area contributed by atoms with Gasteiger partial charge in [-0.15, -0.1) is 0 Å². The molecule has 138 valence electrons. The number of benzene rings is 3. The molecule has 0 bridgehead atoms. The molecular formula is C25H20O3. The average molecular weight is 368 g/mol. The molecule has 1 aliphatic carbocycles. The molecule has 0 unspecified atom stereocenters. The first-order valence-electron chi connectivity index (χ1n) is 9.42. The monoisotopic (exact) mass is 368 g/mol. The average Bonchev–Trinajstić information content (AvgIpc) is 2.75. The predicted molar refractivity (Wildman–Crippen MR) is 112 cm³/mol. The first kappa shape index (κ1) is 17.9. The molecule has 3 nitrogen and oxygen atoms in total. The van der Waals surface area contributed by atoms with Crippen LogP contribution < -0.4 is 5.43 Å². The summed E-state index contributed by atoms with van der Waals surface area (Å²) in [5.41, 5.74) is 3.70. The maximum atomic E-state index is 11.9. The standard InChI is InChI=1S/C15H10O2.C10H10O/c16-13-10-15(11-6-2-1-3-7-11)17-14-9-5-4-8-12(13)14;11-10-7-3-5-8-4-1-2-6-9(8)10/h1-10H;1-2,4,6H,3,5,7H2. The maximum absolute atomic E-state index is 11.9. The van der Waals surface area contributed by atoms with Crippen LogP contribution in [0.1, 0.15) is 28.8 Å². The van der Waals surface area contributed by atoms with Crippen molar-refractivity contribution in [3.05, 3.63) is 106 Å². The minimum Gasteiger partial charge on any atom is -0.456 e. The lowest BCUT2D eigenvalue weighted by molar-refractivity contribution is 0.0972. The van der Waals surface area contributed by atoms with E-state index in [1.54, 1.807) is 6.07 Å². The topological polar surface area (TPSA) is 47.3 Å². The highest BCUT2D eigenvalue weighted by atomic mass is 16.3. The summed E-state index contributed by atoms with van der Waals surface area (Å²) in [6.45, 7) is 0. The highest BCUT2D eigenvalue weighted by Crippen LogP contribution is 2.21.